The fraction of sp³-hybridized carbons (Fsp3) is 0.167. The van der Waals surface area contributed by atoms with E-state index in [4.69, 9.17) is 4.74 Å². The molecular weight excluding hydrogens is 347 g/mol. The topological polar surface area (TPSA) is 26.3 Å². The molecule has 0 heterocycles. The summed E-state index contributed by atoms with van der Waals surface area (Å²) in [6.07, 6.45) is 3.97. The molecule has 2 aromatic carbocycles. The van der Waals surface area contributed by atoms with Crippen LogP contribution in [0.1, 0.15) is 22.3 Å². The number of ketones is 1. The van der Waals surface area contributed by atoms with Crippen LogP contribution in [0.5, 0.6) is 5.75 Å². The van der Waals surface area contributed by atoms with Crippen molar-refractivity contribution in [2.24, 2.45) is 0 Å². The number of hydrogen-bond acceptors (Lipinski definition) is 2. The molecule has 22 heavy (non-hydrogen) atoms. The Morgan fingerprint density at radius 1 is 1.18 bits per heavy atom. The van der Waals surface area contributed by atoms with Crippen LogP contribution in [0.2, 0.25) is 0 Å². The lowest BCUT2D eigenvalue weighted by molar-refractivity contribution is 0.104. The van der Waals surface area contributed by atoms with Crippen LogP contribution < -0.4 is 4.74 Å². The molecule has 2 nitrogen and oxygen atoms in total. The van der Waals surface area contributed by atoms with Crippen molar-refractivity contribution in [2.75, 3.05) is 11.9 Å². The van der Waals surface area contributed by atoms with Gasteiger partial charge in [-0.05, 0) is 54.5 Å². The Balaban J connectivity index is 1.97. The third kappa shape index (κ3) is 5.11. The van der Waals surface area contributed by atoms with E-state index in [0.29, 0.717) is 17.7 Å². The van der Waals surface area contributed by atoms with Crippen LogP contribution in [-0.4, -0.2) is 17.7 Å². The number of carbonyl (C=O) groups is 1. The molecule has 0 aliphatic heterocycles. The minimum Gasteiger partial charge on any atom is -0.494 e. The van der Waals surface area contributed by atoms with Crippen LogP contribution in [0.4, 0.5) is 4.39 Å². The van der Waals surface area contributed by atoms with E-state index in [9.17, 15) is 9.18 Å². The molecular formula is C18H16BrFO2. The molecule has 0 aromatic heterocycles. The standard InChI is InChI=1S/C18H16BrFO2/c19-11-2-12-22-17-8-6-15(7-9-17)18(21)10-5-14-3-1-4-16(20)13-14/h1,3-10,13H,2,11-12H2. The van der Waals surface area contributed by atoms with E-state index in [1.54, 1.807) is 42.5 Å². The smallest absolute Gasteiger partial charge is 0.185 e. The first kappa shape index (κ1) is 16.4. The Bertz CT molecular complexity index is 650. The van der Waals surface area contributed by atoms with Gasteiger partial charge in [0.05, 0.1) is 6.61 Å². The number of ether oxygens (including phenoxy) is 1. The molecule has 114 valence electrons. The highest BCUT2D eigenvalue weighted by atomic mass is 79.9. The Hall–Kier alpha value is -1.94. The largest absolute Gasteiger partial charge is 0.494 e. The first-order valence-corrected chi connectivity index (χ1v) is 8.08. The zero-order chi connectivity index (χ0) is 15.8. The summed E-state index contributed by atoms with van der Waals surface area (Å²) in [5, 5.41) is 0.897. The fourth-order valence-corrected chi connectivity index (χ4v) is 2.07. The number of halogens is 2. The highest BCUT2D eigenvalue weighted by Crippen LogP contribution is 2.14. The molecule has 2 rings (SSSR count). The Labute approximate surface area is 137 Å². The second-order valence-corrected chi connectivity index (χ2v) is 5.46. The molecule has 2 aromatic rings. The van der Waals surface area contributed by atoms with Gasteiger partial charge in [0.2, 0.25) is 0 Å². The Kier molecular flexibility index (Phi) is 6.34. The lowest BCUT2D eigenvalue weighted by atomic mass is 10.1. The third-order valence-corrected chi connectivity index (χ3v) is 3.52. The second kappa shape index (κ2) is 8.49. The summed E-state index contributed by atoms with van der Waals surface area (Å²) < 4.78 is 18.6. The molecule has 0 saturated carbocycles. The van der Waals surface area contributed by atoms with Gasteiger partial charge >= 0.3 is 0 Å². The molecule has 0 atom stereocenters. The maximum absolute atomic E-state index is 13.1. The van der Waals surface area contributed by atoms with Crippen molar-refractivity contribution in [3.63, 3.8) is 0 Å². The summed E-state index contributed by atoms with van der Waals surface area (Å²) in [7, 11) is 0. The average molecular weight is 363 g/mol. The molecule has 0 fully saturated rings. The molecule has 0 bridgehead atoms. The van der Waals surface area contributed by atoms with E-state index < -0.39 is 0 Å². The fourth-order valence-electron chi connectivity index (χ4n) is 1.84. The molecule has 0 unspecified atom stereocenters. The summed E-state index contributed by atoms with van der Waals surface area (Å²) in [5.41, 5.74) is 1.23. The molecule has 0 saturated heterocycles. The molecule has 0 spiro atoms. The van der Waals surface area contributed by atoms with Crippen LogP contribution in [0.3, 0.4) is 0 Å². The van der Waals surface area contributed by atoms with Gasteiger partial charge < -0.3 is 4.74 Å². The summed E-state index contributed by atoms with van der Waals surface area (Å²) >= 11 is 3.34. The predicted octanol–water partition coefficient (Wildman–Crippen LogP) is 4.89. The minimum atomic E-state index is -0.320. The SMILES string of the molecule is O=C(C=Cc1cccc(F)c1)c1ccc(OCCCBr)cc1. The minimum absolute atomic E-state index is 0.128. The first-order valence-electron chi connectivity index (χ1n) is 6.96. The van der Waals surface area contributed by atoms with Crippen LogP contribution >= 0.6 is 15.9 Å². The van der Waals surface area contributed by atoms with Crippen molar-refractivity contribution in [3.8, 4) is 5.75 Å². The maximum Gasteiger partial charge on any atom is 0.185 e. The highest BCUT2D eigenvalue weighted by molar-refractivity contribution is 9.09. The van der Waals surface area contributed by atoms with Crippen molar-refractivity contribution < 1.29 is 13.9 Å². The molecule has 0 aliphatic carbocycles. The Morgan fingerprint density at radius 2 is 1.95 bits per heavy atom. The van der Waals surface area contributed by atoms with Gasteiger partial charge in [-0.1, -0.05) is 34.1 Å². The summed E-state index contributed by atoms with van der Waals surface area (Å²) in [5.74, 6) is 0.294. The van der Waals surface area contributed by atoms with Gasteiger partial charge in [-0.3, -0.25) is 4.79 Å². The molecule has 4 heteroatoms. The Morgan fingerprint density at radius 3 is 2.64 bits per heavy atom. The van der Waals surface area contributed by atoms with Crippen molar-refractivity contribution in [3.05, 3.63) is 71.6 Å². The van der Waals surface area contributed by atoms with Crippen molar-refractivity contribution >= 4 is 27.8 Å². The van der Waals surface area contributed by atoms with E-state index in [1.165, 1.54) is 18.2 Å². The van der Waals surface area contributed by atoms with Crippen LogP contribution in [0.25, 0.3) is 6.08 Å². The molecule has 0 radical (unpaired) electrons. The lowest BCUT2D eigenvalue weighted by Crippen LogP contribution is -1.99. The monoisotopic (exact) mass is 362 g/mol. The van der Waals surface area contributed by atoms with Crippen LogP contribution in [0.15, 0.2) is 54.6 Å². The van der Waals surface area contributed by atoms with Gasteiger partial charge in [-0.25, -0.2) is 4.39 Å². The number of benzene rings is 2. The van der Waals surface area contributed by atoms with Gasteiger partial charge in [0, 0.05) is 10.9 Å². The zero-order valence-corrected chi connectivity index (χ0v) is 13.6. The van der Waals surface area contributed by atoms with E-state index in [2.05, 4.69) is 15.9 Å². The second-order valence-electron chi connectivity index (χ2n) is 4.67. The number of rotatable bonds is 7. The van der Waals surface area contributed by atoms with Gasteiger partial charge in [0.15, 0.2) is 5.78 Å². The maximum atomic E-state index is 13.1. The van der Waals surface area contributed by atoms with E-state index in [0.717, 1.165) is 17.5 Å². The average Bonchev–Trinajstić information content (AvgIpc) is 2.54. The lowest BCUT2D eigenvalue weighted by Gasteiger charge is -2.05. The molecule has 0 N–H and O–H groups in total. The summed E-state index contributed by atoms with van der Waals surface area (Å²) in [6.45, 7) is 0.637. The number of hydrogen-bond donors (Lipinski definition) is 0. The van der Waals surface area contributed by atoms with Gasteiger partial charge in [0.25, 0.3) is 0 Å². The number of carbonyl (C=O) groups excluding carboxylic acids is 1. The summed E-state index contributed by atoms with van der Waals surface area (Å²) in [4.78, 5) is 12.0. The predicted molar refractivity (Wildman–Crippen MR) is 90.1 cm³/mol. The zero-order valence-electron chi connectivity index (χ0n) is 12.0. The molecule has 0 aliphatic rings. The van der Waals surface area contributed by atoms with E-state index in [1.807, 2.05) is 0 Å². The summed E-state index contributed by atoms with van der Waals surface area (Å²) in [6, 6.07) is 13.1. The van der Waals surface area contributed by atoms with Gasteiger partial charge in [-0.15, -0.1) is 0 Å². The van der Waals surface area contributed by atoms with E-state index in [-0.39, 0.29) is 11.6 Å². The first-order chi connectivity index (χ1) is 10.7. The third-order valence-electron chi connectivity index (χ3n) is 2.96. The van der Waals surface area contributed by atoms with Gasteiger partial charge in [0.1, 0.15) is 11.6 Å². The van der Waals surface area contributed by atoms with E-state index >= 15 is 0 Å². The quantitative estimate of drug-likeness (QED) is 0.303. The van der Waals surface area contributed by atoms with Crippen LogP contribution in [0, 0.1) is 5.82 Å². The highest BCUT2D eigenvalue weighted by Gasteiger charge is 2.02. The number of alkyl halides is 1. The number of allylic oxidation sites excluding steroid dienone is 1. The van der Waals surface area contributed by atoms with Crippen LogP contribution in [-0.2, 0) is 0 Å². The molecule has 0 amide bonds. The van der Waals surface area contributed by atoms with Crippen molar-refractivity contribution in [1.29, 1.82) is 0 Å². The normalized spacial score (nSPS) is 10.8. The van der Waals surface area contributed by atoms with Gasteiger partial charge in [-0.2, -0.15) is 0 Å². The van der Waals surface area contributed by atoms with Crippen molar-refractivity contribution in [1.82, 2.24) is 0 Å². The van der Waals surface area contributed by atoms with Crippen molar-refractivity contribution in [2.45, 2.75) is 6.42 Å².